The molecule has 0 saturated carbocycles. The Kier molecular flexibility index (Phi) is 4.00. The minimum Gasteiger partial charge on any atom is -0.479 e. The highest BCUT2D eigenvalue weighted by atomic mass is 32.2. The van der Waals surface area contributed by atoms with E-state index in [9.17, 15) is 9.90 Å². The summed E-state index contributed by atoms with van der Waals surface area (Å²) in [5.74, 6) is -0.520. The molecule has 8 heteroatoms. The van der Waals surface area contributed by atoms with Crippen LogP contribution >= 0.6 is 11.8 Å². The second-order valence-corrected chi connectivity index (χ2v) is 4.64. The van der Waals surface area contributed by atoms with E-state index in [2.05, 4.69) is 20.4 Å². The van der Waals surface area contributed by atoms with E-state index >= 15 is 0 Å². The lowest BCUT2D eigenvalue weighted by molar-refractivity contribution is -0.138. The molecule has 100 valence electrons. The third-order valence-corrected chi connectivity index (χ3v) is 3.09. The van der Waals surface area contributed by atoms with E-state index in [1.54, 1.807) is 24.0 Å². The molecule has 0 amide bonds. The van der Waals surface area contributed by atoms with Gasteiger partial charge in [-0.25, -0.2) is 14.8 Å². The number of aryl methyl sites for hydroxylation is 1. The van der Waals surface area contributed by atoms with Crippen LogP contribution in [-0.4, -0.2) is 37.1 Å². The summed E-state index contributed by atoms with van der Waals surface area (Å²) in [6, 6.07) is 0.815. The Morgan fingerprint density at radius 2 is 2.32 bits per heavy atom. The number of anilines is 1. The Morgan fingerprint density at radius 3 is 2.89 bits per heavy atom. The quantitative estimate of drug-likeness (QED) is 0.626. The first kappa shape index (κ1) is 13.3. The predicted octanol–water partition coefficient (Wildman–Crippen LogP) is 1.17. The fourth-order valence-electron chi connectivity index (χ4n) is 1.55. The number of aromatic nitrogens is 4. The van der Waals surface area contributed by atoms with Gasteiger partial charge in [0.05, 0.1) is 6.20 Å². The zero-order chi connectivity index (χ0) is 13.8. The Bertz CT molecular complexity index is 586. The van der Waals surface area contributed by atoms with Crippen molar-refractivity contribution in [3.05, 3.63) is 30.4 Å². The van der Waals surface area contributed by atoms with Gasteiger partial charge in [-0.05, 0) is 6.26 Å². The molecule has 0 radical (unpaired) electrons. The molecule has 0 aliphatic rings. The van der Waals surface area contributed by atoms with Crippen LogP contribution in [0.2, 0.25) is 0 Å². The van der Waals surface area contributed by atoms with Crippen molar-refractivity contribution in [3.63, 3.8) is 0 Å². The SMILES string of the molecule is CSc1cc(NC(C(=O)O)c2cnn(C)c2)ncn1. The lowest BCUT2D eigenvalue weighted by Crippen LogP contribution is -2.20. The van der Waals surface area contributed by atoms with Crippen LogP contribution < -0.4 is 5.32 Å². The second kappa shape index (κ2) is 5.70. The second-order valence-electron chi connectivity index (χ2n) is 3.81. The maximum atomic E-state index is 11.3. The first-order valence-corrected chi connectivity index (χ1v) is 6.66. The molecule has 2 heterocycles. The van der Waals surface area contributed by atoms with Gasteiger partial charge in [0.15, 0.2) is 6.04 Å². The summed E-state index contributed by atoms with van der Waals surface area (Å²) >= 11 is 1.46. The minimum atomic E-state index is -0.989. The van der Waals surface area contributed by atoms with Crippen molar-refractivity contribution in [2.45, 2.75) is 11.1 Å². The summed E-state index contributed by atoms with van der Waals surface area (Å²) in [4.78, 5) is 19.4. The molecule has 0 aliphatic carbocycles. The number of nitrogens with zero attached hydrogens (tertiary/aromatic N) is 4. The number of nitrogens with one attached hydrogen (secondary N) is 1. The van der Waals surface area contributed by atoms with Gasteiger partial charge in [-0.2, -0.15) is 5.10 Å². The first-order chi connectivity index (χ1) is 9.10. The Labute approximate surface area is 114 Å². The third-order valence-electron chi connectivity index (χ3n) is 2.45. The summed E-state index contributed by atoms with van der Waals surface area (Å²) in [7, 11) is 1.74. The Hall–Kier alpha value is -2.09. The first-order valence-electron chi connectivity index (χ1n) is 5.44. The largest absolute Gasteiger partial charge is 0.479 e. The van der Waals surface area contributed by atoms with E-state index in [0.717, 1.165) is 5.03 Å². The molecule has 1 unspecified atom stereocenters. The van der Waals surface area contributed by atoms with Crippen LogP contribution in [0.4, 0.5) is 5.82 Å². The lowest BCUT2D eigenvalue weighted by atomic mass is 10.1. The van der Waals surface area contributed by atoms with Crippen LogP contribution in [0.15, 0.2) is 29.8 Å². The molecule has 7 nitrogen and oxygen atoms in total. The van der Waals surface area contributed by atoms with Gasteiger partial charge in [-0.3, -0.25) is 4.68 Å². The summed E-state index contributed by atoms with van der Waals surface area (Å²) in [5, 5.41) is 16.9. The normalized spacial score (nSPS) is 12.1. The van der Waals surface area contributed by atoms with Crippen LogP contribution in [0.3, 0.4) is 0 Å². The van der Waals surface area contributed by atoms with E-state index in [1.807, 2.05) is 6.26 Å². The van der Waals surface area contributed by atoms with Gasteiger partial charge >= 0.3 is 5.97 Å². The maximum Gasteiger partial charge on any atom is 0.330 e. The molecule has 0 saturated heterocycles. The van der Waals surface area contributed by atoms with E-state index in [4.69, 9.17) is 0 Å². The van der Waals surface area contributed by atoms with Gasteiger partial charge in [0.25, 0.3) is 0 Å². The van der Waals surface area contributed by atoms with Gasteiger partial charge in [-0.1, -0.05) is 0 Å². The van der Waals surface area contributed by atoms with E-state index in [-0.39, 0.29) is 0 Å². The van der Waals surface area contributed by atoms with E-state index in [0.29, 0.717) is 11.4 Å². The fraction of sp³-hybridized carbons (Fsp3) is 0.273. The molecule has 2 N–H and O–H groups in total. The van der Waals surface area contributed by atoms with Gasteiger partial charge in [0.1, 0.15) is 17.2 Å². The molecule has 2 aromatic rings. The number of aliphatic carboxylic acids is 1. The third kappa shape index (κ3) is 3.22. The Morgan fingerprint density at radius 1 is 1.53 bits per heavy atom. The number of hydrogen-bond acceptors (Lipinski definition) is 6. The minimum absolute atomic E-state index is 0.468. The molecule has 0 aliphatic heterocycles. The number of thioether (sulfide) groups is 1. The van der Waals surface area contributed by atoms with Crippen LogP contribution in [0.25, 0.3) is 0 Å². The number of carboxylic acids is 1. The van der Waals surface area contributed by atoms with Crippen molar-refractivity contribution in [1.82, 2.24) is 19.7 Å². The lowest BCUT2D eigenvalue weighted by Gasteiger charge is -2.13. The molecular formula is C11H13N5O2S. The predicted molar refractivity (Wildman–Crippen MR) is 71.0 cm³/mol. The summed E-state index contributed by atoms with van der Waals surface area (Å²) < 4.78 is 1.56. The molecule has 0 aromatic carbocycles. The van der Waals surface area contributed by atoms with Crippen molar-refractivity contribution in [2.24, 2.45) is 7.05 Å². The molecule has 19 heavy (non-hydrogen) atoms. The molecule has 1 atom stereocenters. The molecule has 0 bridgehead atoms. The Balaban J connectivity index is 2.23. The zero-order valence-corrected chi connectivity index (χ0v) is 11.3. The van der Waals surface area contributed by atoms with Crippen LogP contribution in [-0.2, 0) is 11.8 Å². The molecule has 2 rings (SSSR count). The molecule has 0 fully saturated rings. The highest BCUT2D eigenvalue weighted by Gasteiger charge is 2.21. The molecular weight excluding hydrogens is 266 g/mol. The number of rotatable bonds is 5. The van der Waals surface area contributed by atoms with Crippen LogP contribution in [0.1, 0.15) is 11.6 Å². The number of hydrogen-bond donors (Lipinski definition) is 2. The number of carboxylic acid groups (broad SMARTS) is 1. The van der Waals surface area contributed by atoms with Crippen molar-refractivity contribution < 1.29 is 9.90 Å². The van der Waals surface area contributed by atoms with Crippen LogP contribution in [0, 0.1) is 0 Å². The molecule has 0 spiro atoms. The highest BCUT2D eigenvalue weighted by molar-refractivity contribution is 7.98. The smallest absolute Gasteiger partial charge is 0.330 e. The van der Waals surface area contributed by atoms with E-state index in [1.165, 1.54) is 24.3 Å². The fourth-order valence-corrected chi connectivity index (χ4v) is 1.94. The monoisotopic (exact) mass is 279 g/mol. The maximum absolute atomic E-state index is 11.3. The van der Waals surface area contributed by atoms with Crippen LogP contribution in [0.5, 0.6) is 0 Å². The topological polar surface area (TPSA) is 92.9 Å². The van der Waals surface area contributed by atoms with Crippen molar-refractivity contribution in [3.8, 4) is 0 Å². The summed E-state index contributed by atoms with van der Waals surface area (Å²) in [6.07, 6.45) is 6.46. The summed E-state index contributed by atoms with van der Waals surface area (Å²) in [5.41, 5.74) is 0.569. The van der Waals surface area contributed by atoms with Gasteiger partial charge in [-0.15, -0.1) is 11.8 Å². The van der Waals surface area contributed by atoms with Gasteiger partial charge < -0.3 is 10.4 Å². The van der Waals surface area contributed by atoms with Gasteiger partial charge in [0, 0.05) is 24.9 Å². The molecule has 2 aromatic heterocycles. The van der Waals surface area contributed by atoms with Crippen molar-refractivity contribution in [2.75, 3.05) is 11.6 Å². The average molecular weight is 279 g/mol. The average Bonchev–Trinajstić information content (AvgIpc) is 2.82. The highest BCUT2D eigenvalue weighted by Crippen LogP contribution is 2.20. The van der Waals surface area contributed by atoms with Gasteiger partial charge in [0.2, 0.25) is 0 Å². The zero-order valence-electron chi connectivity index (χ0n) is 10.4. The standard InChI is InChI=1S/C11H13N5O2S/c1-16-5-7(4-14-16)10(11(17)18)15-8-3-9(19-2)13-6-12-8/h3-6,10H,1-2H3,(H,17,18)(H,12,13,15). The van der Waals surface area contributed by atoms with E-state index < -0.39 is 12.0 Å². The summed E-state index contributed by atoms with van der Waals surface area (Å²) in [6.45, 7) is 0. The number of carbonyl (C=O) groups is 1. The van der Waals surface area contributed by atoms with Crippen molar-refractivity contribution >= 4 is 23.5 Å². The van der Waals surface area contributed by atoms with Crippen molar-refractivity contribution in [1.29, 1.82) is 0 Å².